The van der Waals surface area contributed by atoms with Gasteiger partial charge in [-0.15, -0.1) is 0 Å². The Balaban J connectivity index is 2.98. The summed E-state index contributed by atoms with van der Waals surface area (Å²) in [5.41, 5.74) is 7.75. The second-order valence-electron chi connectivity index (χ2n) is 3.78. The van der Waals surface area contributed by atoms with E-state index < -0.39 is 0 Å². The van der Waals surface area contributed by atoms with E-state index in [4.69, 9.17) is 17.3 Å². The lowest BCUT2D eigenvalue weighted by molar-refractivity contribution is 0.592. The van der Waals surface area contributed by atoms with Gasteiger partial charge in [0.1, 0.15) is 0 Å². The molecule has 0 bridgehead atoms. The van der Waals surface area contributed by atoms with Crippen molar-refractivity contribution >= 4 is 23.0 Å². The summed E-state index contributed by atoms with van der Waals surface area (Å²) in [5, 5.41) is 0.733. The van der Waals surface area contributed by atoms with Gasteiger partial charge in [0.2, 0.25) is 0 Å². The third-order valence-corrected chi connectivity index (χ3v) is 3.10. The topological polar surface area (TPSA) is 29.3 Å². The fourth-order valence-corrected chi connectivity index (χ4v) is 2.02. The van der Waals surface area contributed by atoms with Gasteiger partial charge in [-0.25, -0.2) is 0 Å². The summed E-state index contributed by atoms with van der Waals surface area (Å²) in [6.45, 7) is 4.37. The molecule has 0 heterocycles. The molecule has 1 aromatic carbocycles. The van der Waals surface area contributed by atoms with Gasteiger partial charge in [-0.3, -0.25) is 0 Å². The molecule has 1 aromatic rings. The summed E-state index contributed by atoms with van der Waals surface area (Å²) in [7, 11) is 2.07. The number of hydrogen-bond acceptors (Lipinski definition) is 2. The Morgan fingerprint density at radius 1 is 1.33 bits per heavy atom. The monoisotopic (exact) mass is 226 g/mol. The van der Waals surface area contributed by atoms with Crippen LogP contribution in [0.2, 0.25) is 5.02 Å². The van der Waals surface area contributed by atoms with Crippen molar-refractivity contribution in [3.05, 3.63) is 23.2 Å². The van der Waals surface area contributed by atoms with Gasteiger partial charge in [-0.1, -0.05) is 25.4 Å². The number of hydrogen-bond donors (Lipinski definition) is 1. The Labute approximate surface area is 97.0 Å². The first-order valence-corrected chi connectivity index (χ1v) is 5.75. The van der Waals surface area contributed by atoms with Crippen molar-refractivity contribution in [3.8, 4) is 0 Å². The van der Waals surface area contributed by atoms with Gasteiger partial charge in [-0.05, 0) is 31.0 Å². The van der Waals surface area contributed by atoms with E-state index in [1.165, 1.54) is 0 Å². The van der Waals surface area contributed by atoms with Crippen LogP contribution < -0.4 is 10.6 Å². The van der Waals surface area contributed by atoms with Crippen molar-refractivity contribution in [2.24, 2.45) is 0 Å². The molecule has 2 nitrogen and oxygen atoms in total. The van der Waals surface area contributed by atoms with Gasteiger partial charge in [0.05, 0.1) is 11.4 Å². The molecule has 3 heteroatoms. The van der Waals surface area contributed by atoms with E-state index in [0.717, 1.165) is 29.2 Å². The van der Waals surface area contributed by atoms with Crippen molar-refractivity contribution in [3.63, 3.8) is 0 Å². The van der Waals surface area contributed by atoms with E-state index in [9.17, 15) is 0 Å². The van der Waals surface area contributed by atoms with E-state index >= 15 is 0 Å². The van der Waals surface area contributed by atoms with Gasteiger partial charge in [0.25, 0.3) is 0 Å². The van der Waals surface area contributed by atoms with Gasteiger partial charge < -0.3 is 10.6 Å². The predicted molar refractivity (Wildman–Crippen MR) is 68.6 cm³/mol. The van der Waals surface area contributed by atoms with Crippen molar-refractivity contribution in [1.82, 2.24) is 0 Å². The van der Waals surface area contributed by atoms with Crippen LogP contribution in [0.4, 0.5) is 11.4 Å². The fourth-order valence-electron chi connectivity index (χ4n) is 1.86. The number of halogens is 1. The molecule has 0 aliphatic rings. The second kappa shape index (κ2) is 5.26. The molecule has 0 aliphatic carbocycles. The highest BCUT2D eigenvalue weighted by Gasteiger charge is 2.13. The number of anilines is 2. The molecule has 2 N–H and O–H groups in total. The van der Waals surface area contributed by atoms with E-state index in [0.29, 0.717) is 6.04 Å². The zero-order chi connectivity index (χ0) is 11.4. The SMILES string of the molecule is CCC(CC)N(C)c1cc(Cl)ccc1N. The molecular weight excluding hydrogens is 208 g/mol. The molecule has 0 aliphatic heterocycles. The molecule has 0 unspecified atom stereocenters. The fraction of sp³-hybridized carbons (Fsp3) is 0.500. The highest BCUT2D eigenvalue weighted by atomic mass is 35.5. The number of benzene rings is 1. The molecule has 84 valence electrons. The molecule has 0 saturated carbocycles. The summed E-state index contributed by atoms with van der Waals surface area (Å²) < 4.78 is 0. The van der Waals surface area contributed by atoms with E-state index in [-0.39, 0.29) is 0 Å². The molecule has 0 amide bonds. The number of nitrogen functional groups attached to an aromatic ring is 1. The minimum absolute atomic E-state index is 0.519. The van der Waals surface area contributed by atoms with Crippen LogP contribution in [0, 0.1) is 0 Å². The molecule has 15 heavy (non-hydrogen) atoms. The quantitative estimate of drug-likeness (QED) is 0.796. The van der Waals surface area contributed by atoms with Crippen LogP contribution in [0.1, 0.15) is 26.7 Å². The summed E-state index contributed by atoms with van der Waals surface area (Å²) >= 11 is 5.97. The van der Waals surface area contributed by atoms with Crippen LogP contribution in [-0.4, -0.2) is 13.1 Å². The van der Waals surface area contributed by atoms with Gasteiger partial charge in [0, 0.05) is 18.1 Å². The Kier molecular flexibility index (Phi) is 4.28. The van der Waals surface area contributed by atoms with Crippen LogP contribution in [0.25, 0.3) is 0 Å². The zero-order valence-corrected chi connectivity index (χ0v) is 10.4. The highest BCUT2D eigenvalue weighted by molar-refractivity contribution is 6.31. The van der Waals surface area contributed by atoms with Gasteiger partial charge in [0.15, 0.2) is 0 Å². The lowest BCUT2D eigenvalue weighted by Crippen LogP contribution is -2.30. The average molecular weight is 227 g/mol. The van der Waals surface area contributed by atoms with Crippen LogP contribution >= 0.6 is 11.6 Å². The van der Waals surface area contributed by atoms with Crippen LogP contribution in [0.5, 0.6) is 0 Å². The van der Waals surface area contributed by atoms with Crippen molar-refractivity contribution in [1.29, 1.82) is 0 Å². The lowest BCUT2D eigenvalue weighted by Gasteiger charge is -2.29. The standard InChI is InChI=1S/C12H19ClN2/c1-4-10(5-2)15(3)12-8-9(13)6-7-11(12)14/h6-8,10H,4-5,14H2,1-3H3. The third-order valence-electron chi connectivity index (χ3n) is 2.86. The molecule has 0 spiro atoms. The molecule has 0 radical (unpaired) electrons. The van der Waals surface area contributed by atoms with Crippen LogP contribution in [-0.2, 0) is 0 Å². The largest absolute Gasteiger partial charge is 0.397 e. The van der Waals surface area contributed by atoms with E-state index in [2.05, 4.69) is 25.8 Å². The van der Waals surface area contributed by atoms with Crippen LogP contribution in [0.3, 0.4) is 0 Å². The average Bonchev–Trinajstić information content (AvgIpc) is 2.23. The molecule has 0 atom stereocenters. The molecule has 0 aromatic heterocycles. The van der Waals surface area contributed by atoms with E-state index in [1.54, 1.807) is 0 Å². The number of nitrogens with two attached hydrogens (primary N) is 1. The Morgan fingerprint density at radius 2 is 1.93 bits per heavy atom. The molecule has 1 rings (SSSR count). The second-order valence-corrected chi connectivity index (χ2v) is 4.22. The smallest absolute Gasteiger partial charge is 0.0614 e. The predicted octanol–water partition coefficient (Wildman–Crippen LogP) is 3.55. The number of rotatable bonds is 4. The Morgan fingerprint density at radius 3 is 2.47 bits per heavy atom. The summed E-state index contributed by atoms with van der Waals surface area (Å²) in [6, 6.07) is 6.12. The maximum Gasteiger partial charge on any atom is 0.0614 e. The van der Waals surface area contributed by atoms with Crippen molar-refractivity contribution in [2.75, 3.05) is 17.7 Å². The first-order chi connectivity index (χ1) is 7.10. The maximum atomic E-state index is 5.97. The third kappa shape index (κ3) is 2.78. The van der Waals surface area contributed by atoms with Crippen molar-refractivity contribution < 1.29 is 0 Å². The van der Waals surface area contributed by atoms with Gasteiger partial charge in [-0.2, -0.15) is 0 Å². The number of nitrogens with zero attached hydrogens (tertiary/aromatic N) is 1. The summed E-state index contributed by atoms with van der Waals surface area (Å²) in [4.78, 5) is 2.21. The first kappa shape index (κ1) is 12.2. The summed E-state index contributed by atoms with van der Waals surface area (Å²) in [5.74, 6) is 0. The Hall–Kier alpha value is -0.890. The normalized spacial score (nSPS) is 10.7. The first-order valence-electron chi connectivity index (χ1n) is 5.38. The molecular formula is C12H19ClN2. The molecule has 0 fully saturated rings. The van der Waals surface area contributed by atoms with Crippen LogP contribution in [0.15, 0.2) is 18.2 Å². The minimum atomic E-state index is 0.519. The summed E-state index contributed by atoms with van der Waals surface area (Å²) in [6.07, 6.45) is 2.22. The maximum absolute atomic E-state index is 5.97. The van der Waals surface area contributed by atoms with Crippen molar-refractivity contribution in [2.45, 2.75) is 32.7 Å². The Bertz CT molecular complexity index is 321. The molecule has 0 saturated heterocycles. The zero-order valence-electron chi connectivity index (χ0n) is 9.63. The highest BCUT2D eigenvalue weighted by Crippen LogP contribution is 2.28. The minimum Gasteiger partial charge on any atom is -0.397 e. The van der Waals surface area contributed by atoms with Gasteiger partial charge >= 0.3 is 0 Å². The lowest BCUT2D eigenvalue weighted by atomic mass is 10.1. The van der Waals surface area contributed by atoms with E-state index in [1.807, 2.05) is 18.2 Å².